The molecule has 0 aliphatic carbocycles. The van der Waals surface area contributed by atoms with Crippen molar-refractivity contribution >= 4 is 5.97 Å². The minimum atomic E-state index is -0.489. The number of hydrogen-bond acceptors (Lipinski definition) is 5. The zero-order valence-corrected chi connectivity index (χ0v) is 14.7. The van der Waals surface area contributed by atoms with Crippen molar-refractivity contribution in [1.82, 2.24) is 5.32 Å². The van der Waals surface area contributed by atoms with Crippen LogP contribution in [0.4, 0.5) is 0 Å². The summed E-state index contributed by atoms with van der Waals surface area (Å²) in [5.74, 6) is -0.967. The molecule has 132 valence electrons. The van der Waals surface area contributed by atoms with Gasteiger partial charge in [0.1, 0.15) is 0 Å². The summed E-state index contributed by atoms with van der Waals surface area (Å²) in [6.45, 7) is 7.26. The second kappa shape index (κ2) is 9.70. The van der Waals surface area contributed by atoms with Crippen molar-refractivity contribution < 1.29 is 14.5 Å². The summed E-state index contributed by atoms with van der Waals surface area (Å²) in [4.78, 5) is 22.9. The van der Waals surface area contributed by atoms with Crippen molar-refractivity contribution in [3.63, 3.8) is 0 Å². The first-order chi connectivity index (χ1) is 11.4. The lowest BCUT2D eigenvalue weighted by atomic mass is 9.94. The maximum atomic E-state index is 12.3. The number of nitrogens with one attached hydrogen (secondary N) is 1. The molecule has 0 spiro atoms. The van der Waals surface area contributed by atoms with Crippen LogP contribution in [-0.4, -0.2) is 24.0 Å². The summed E-state index contributed by atoms with van der Waals surface area (Å²) in [6.07, 6.45) is 0.494. The number of carbonyl (C=O) groups is 1. The quantitative estimate of drug-likeness (QED) is 0.324. The van der Waals surface area contributed by atoms with E-state index in [4.69, 9.17) is 4.74 Å². The van der Waals surface area contributed by atoms with Gasteiger partial charge in [0, 0.05) is 16.7 Å². The summed E-state index contributed by atoms with van der Waals surface area (Å²) in [5.41, 5.74) is 2.06. The zero-order chi connectivity index (χ0) is 18.1. The molecule has 0 saturated heterocycles. The van der Waals surface area contributed by atoms with E-state index in [1.165, 1.54) is 0 Å². The Labute approximate surface area is 143 Å². The molecule has 24 heavy (non-hydrogen) atoms. The molecule has 0 fully saturated rings. The van der Waals surface area contributed by atoms with Crippen LogP contribution in [0.25, 0.3) is 0 Å². The van der Waals surface area contributed by atoms with Gasteiger partial charge in [0.25, 0.3) is 0 Å². The van der Waals surface area contributed by atoms with Crippen molar-refractivity contribution in [2.45, 2.75) is 40.2 Å². The van der Waals surface area contributed by atoms with Gasteiger partial charge in [0.05, 0.1) is 18.1 Å². The molecule has 6 heteroatoms. The van der Waals surface area contributed by atoms with Crippen molar-refractivity contribution in [1.29, 1.82) is 0 Å². The third-order valence-corrected chi connectivity index (χ3v) is 3.90. The SMILES string of the molecule is CCOC(=O)/C(=C(\C)N[C@H](C)c1ccccc1)[C@H](CC)C[N+](=O)[O-]. The number of rotatable bonds is 9. The fourth-order valence-electron chi connectivity index (χ4n) is 2.67. The maximum absolute atomic E-state index is 12.3. The first kappa shape index (κ1) is 19.7. The summed E-state index contributed by atoms with van der Waals surface area (Å²) < 4.78 is 5.12. The monoisotopic (exact) mass is 334 g/mol. The van der Waals surface area contributed by atoms with E-state index in [1.54, 1.807) is 13.8 Å². The number of benzene rings is 1. The van der Waals surface area contributed by atoms with E-state index in [0.29, 0.717) is 17.7 Å². The van der Waals surface area contributed by atoms with Gasteiger partial charge >= 0.3 is 5.97 Å². The van der Waals surface area contributed by atoms with Crippen molar-refractivity contribution in [3.05, 3.63) is 57.3 Å². The molecule has 0 saturated carbocycles. The van der Waals surface area contributed by atoms with Crippen molar-refractivity contribution in [2.24, 2.45) is 5.92 Å². The summed E-state index contributed by atoms with van der Waals surface area (Å²) in [7, 11) is 0. The van der Waals surface area contributed by atoms with E-state index in [9.17, 15) is 14.9 Å². The summed E-state index contributed by atoms with van der Waals surface area (Å²) in [6, 6.07) is 9.78. The molecule has 0 aromatic heterocycles. The number of esters is 1. The van der Waals surface area contributed by atoms with Crippen LogP contribution >= 0.6 is 0 Å². The zero-order valence-electron chi connectivity index (χ0n) is 14.7. The average molecular weight is 334 g/mol. The third kappa shape index (κ3) is 5.68. The van der Waals surface area contributed by atoms with E-state index in [1.807, 2.05) is 44.2 Å². The van der Waals surface area contributed by atoms with E-state index < -0.39 is 11.9 Å². The molecule has 1 N–H and O–H groups in total. The molecule has 0 bridgehead atoms. The molecular formula is C18H26N2O4. The van der Waals surface area contributed by atoms with Crippen LogP contribution in [0.5, 0.6) is 0 Å². The van der Waals surface area contributed by atoms with Gasteiger partial charge in [-0.15, -0.1) is 0 Å². The highest BCUT2D eigenvalue weighted by Crippen LogP contribution is 2.22. The van der Waals surface area contributed by atoms with Crippen LogP contribution in [0.3, 0.4) is 0 Å². The van der Waals surface area contributed by atoms with Gasteiger partial charge in [-0.25, -0.2) is 4.79 Å². The smallest absolute Gasteiger partial charge is 0.336 e. The van der Waals surface area contributed by atoms with Gasteiger partial charge in [-0.3, -0.25) is 10.1 Å². The Hall–Kier alpha value is -2.37. The van der Waals surface area contributed by atoms with Crippen LogP contribution in [0.1, 0.15) is 45.7 Å². The molecule has 0 heterocycles. The largest absolute Gasteiger partial charge is 0.463 e. The molecule has 0 unspecified atom stereocenters. The lowest BCUT2D eigenvalue weighted by Crippen LogP contribution is -2.28. The highest BCUT2D eigenvalue weighted by molar-refractivity contribution is 5.89. The average Bonchev–Trinajstić information content (AvgIpc) is 2.54. The number of nitro groups is 1. The minimum absolute atomic E-state index is 0.0243. The van der Waals surface area contributed by atoms with Crippen LogP contribution in [-0.2, 0) is 9.53 Å². The molecule has 0 amide bonds. The molecule has 1 aromatic rings. The normalized spacial score (nSPS) is 14.3. The van der Waals surface area contributed by atoms with Gasteiger partial charge in [-0.05, 0) is 32.8 Å². The predicted octanol–water partition coefficient (Wildman–Crippen LogP) is 3.48. The Morgan fingerprint density at radius 3 is 2.42 bits per heavy atom. The molecule has 1 rings (SSSR count). The van der Waals surface area contributed by atoms with Gasteiger partial charge < -0.3 is 10.1 Å². The molecule has 0 aliphatic heterocycles. The Kier molecular flexibility index (Phi) is 7.95. The fourth-order valence-corrected chi connectivity index (χ4v) is 2.67. The van der Waals surface area contributed by atoms with Gasteiger partial charge in [0.15, 0.2) is 0 Å². The van der Waals surface area contributed by atoms with Gasteiger partial charge in [-0.2, -0.15) is 0 Å². The lowest BCUT2D eigenvalue weighted by molar-refractivity contribution is -0.486. The molecule has 0 aliphatic rings. The number of carbonyl (C=O) groups excluding carboxylic acids is 1. The Morgan fingerprint density at radius 1 is 1.29 bits per heavy atom. The van der Waals surface area contributed by atoms with Crippen LogP contribution in [0.15, 0.2) is 41.6 Å². The Morgan fingerprint density at radius 2 is 1.92 bits per heavy atom. The highest BCUT2D eigenvalue weighted by Gasteiger charge is 2.28. The van der Waals surface area contributed by atoms with Crippen LogP contribution in [0.2, 0.25) is 0 Å². The topological polar surface area (TPSA) is 81.5 Å². The van der Waals surface area contributed by atoms with Crippen LogP contribution < -0.4 is 5.32 Å². The molecular weight excluding hydrogens is 308 g/mol. The Balaban J connectivity index is 3.11. The van der Waals surface area contributed by atoms with E-state index in [-0.39, 0.29) is 24.1 Å². The highest BCUT2D eigenvalue weighted by atomic mass is 16.6. The third-order valence-electron chi connectivity index (χ3n) is 3.90. The predicted molar refractivity (Wildman–Crippen MR) is 93.0 cm³/mol. The van der Waals surface area contributed by atoms with Crippen LogP contribution in [0, 0.1) is 16.0 Å². The van der Waals surface area contributed by atoms with Gasteiger partial charge in [-0.1, -0.05) is 37.3 Å². The number of ether oxygens (including phenoxy) is 1. The number of nitrogens with zero attached hydrogens (tertiary/aromatic N) is 1. The second-order valence-corrected chi connectivity index (χ2v) is 5.66. The standard InChI is InChI=1S/C18H26N2O4/c1-5-15(12-20(22)23)17(18(21)24-6-2)14(4)19-13(3)16-10-8-7-9-11-16/h7-11,13,15,19H,5-6,12H2,1-4H3/b17-14+/t13-,15-/m1/s1. The second-order valence-electron chi connectivity index (χ2n) is 5.66. The first-order valence-electron chi connectivity index (χ1n) is 8.21. The Bertz CT molecular complexity index is 584. The minimum Gasteiger partial charge on any atom is -0.463 e. The lowest BCUT2D eigenvalue weighted by Gasteiger charge is -2.22. The van der Waals surface area contributed by atoms with Crippen molar-refractivity contribution in [2.75, 3.05) is 13.2 Å². The molecule has 1 aromatic carbocycles. The first-order valence-corrected chi connectivity index (χ1v) is 8.21. The van der Waals surface area contributed by atoms with E-state index >= 15 is 0 Å². The fraction of sp³-hybridized carbons (Fsp3) is 0.500. The summed E-state index contributed by atoms with van der Waals surface area (Å²) in [5, 5.41) is 14.2. The molecule has 6 nitrogen and oxygen atoms in total. The number of hydrogen-bond donors (Lipinski definition) is 1. The number of allylic oxidation sites excluding steroid dienone is 1. The summed E-state index contributed by atoms with van der Waals surface area (Å²) >= 11 is 0. The van der Waals surface area contributed by atoms with Crippen molar-refractivity contribution in [3.8, 4) is 0 Å². The molecule has 0 radical (unpaired) electrons. The maximum Gasteiger partial charge on any atom is 0.336 e. The van der Waals surface area contributed by atoms with E-state index in [2.05, 4.69) is 5.32 Å². The molecule has 2 atom stereocenters. The van der Waals surface area contributed by atoms with Gasteiger partial charge in [0.2, 0.25) is 6.54 Å². The van der Waals surface area contributed by atoms with E-state index in [0.717, 1.165) is 5.56 Å².